The van der Waals surface area contributed by atoms with Crippen molar-refractivity contribution < 1.29 is 4.79 Å². The lowest BCUT2D eigenvalue weighted by atomic mass is 9.83. The van der Waals surface area contributed by atoms with Crippen LogP contribution in [0.3, 0.4) is 0 Å². The molecule has 20 heavy (non-hydrogen) atoms. The van der Waals surface area contributed by atoms with E-state index in [9.17, 15) is 4.79 Å². The van der Waals surface area contributed by atoms with Gasteiger partial charge in [-0.3, -0.25) is 4.79 Å². The van der Waals surface area contributed by atoms with E-state index in [2.05, 4.69) is 16.7 Å². The summed E-state index contributed by atoms with van der Waals surface area (Å²) in [6.07, 6.45) is 8.13. The molecular formula is C16H31N3O. The van der Waals surface area contributed by atoms with Crippen LogP contribution in [0.25, 0.3) is 0 Å². The zero-order chi connectivity index (χ0) is 14.4. The number of carbonyl (C=O) groups is 1. The molecular weight excluding hydrogens is 250 g/mol. The summed E-state index contributed by atoms with van der Waals surface area (Å²) in [4.78, 5) is 17.1. The predicted molar refractivity (Wildman–Crippen MR) is 82.5 cm³/mol. The number of nitrogens with zero attached hydrogens (tertiary/aromatic N) is 2. The molecule has 1 heterocycles. The van der Waals surface area contributed by atoms with E-state index >= 15 is 0 Å². The second-order valence-corrected chi connectivity index (χ2v) is 6.33. The Morgan fingerprint density at radius 3 is 2.55 bits per heavy atom. The van der Waals surface area contributed by atoms with E-state index in [1.54, 1.807) is 0 Å². The molecule has 1 saturated heterocycles. The summed E-state index contributed by atoms with van der Waals surface area (Å²) in [5.74, 6) is 0.851. The zero-order valence-corrected chi connectivity index (χ0v) is 13.0. The van der Waals surface area contributed by atoms with Crippen LogP contribution in [0.4, 0.5) is 0 Å². The minimum atomic E-state index is 0.338. The van der Waals surface area contributed by atoms with Crippen LogP contribution in [0.1, 0.15) is 51.9 Å². The second-order valence-electron chi connectivity index (χ2n) is 6.33. The maximum Gasteiger partial charge on any atom is 0.224 e. The number of carbonyl (C=O) groups excluding carboxylic acids is 1. The first-order valence-corrected chi connectivity index (χ1v) is 8.48. The Hall–Kier alpha value is -0.610. The lowest BCUT2D eigenvalue weighted by Crippen LogP contribution is -2.48. The molecule has 2 atom stereocenters. The fraction of sp³-hybridized carbons (Fsp3) is 0.938. The van der Waals surface area contributed by atoms with Crippen LogP contribution >= 0.6 is 0 Å². The van der Waals surface area contributed by atoms with Gasteiger partial charge < -0.3 is 15.5 Å². The molecule has 1 aliphatic heterocycles. The van der Waals surface area contributed by atoms with Crippen molar-refractivity contribution in [3.05, 3.63) is 0 Å². The Bertz CT molecular complexity index is 302. The van der Waals surface area contributed by atoms with Crippen molar-refractivity contribution in [2.75, 3.05) is 32.7 Å². The molecule has 2 N–H and O–H groups in total. The number of nitrogens with two attached hydrogens (primary N) is 1. The number of amides is 1. The molecule has 2 aliphatic rings. The SMILES string of the molecule is CCN(C(=O)CCN1CCCC1)C1CCCCC1CN. The topological polar surface area (TPSA) is 49.6 Å². The Balaban J connectivity index is 1.86. The third kappa shape index (κ3) is 3.95. The molecule has 0 aromatic heterocycles. The quantitative estimate of drug-likeness (QED) is 0.808. The van der Waals surface area contributed by atoms with Crippen LogP contribution in [0.2, 0.25) is 0 Å². The molecule has 1 saturated carbocycles. The van der Waals surface area contributed by atoms with E-state index in [0.717, 1.165) is 26.1 Å². The molecule has 2 rings (SSSR count). The van der Waals surface area contributed by atoms with Gasteiger partial charge in [0.15, 0.2) is 0 Å². The van der Waals surface area contributed by atoms with E-state index in [1.165, 1.54) is 45.2 Å². The van der Waals surface area contributed by atoms with Gasteiger partial charge in [-0.2, -0.15) is 0 Å². The second kappa shape index (κ2) is 7.99. The molecule has 0 spiro atoms. The minimum Gasteiger partial charge on any atom is -0.340 e. The van der Waals surface area contributed by atoms with Crippen molar-refractivity contribution in [2.24, 2.45) is 11.7 Å². The summed E-state index contributed by atoms with van der Waals surface area (Å²) < 4.78 is 0. The monoisotopic (exact) mass is 281 g/mol. The van der Waals surface area contributed by atoms with Gasteiger partial charge in [0.05, 0.1) is 0 Å². The first kappa shape index (κ1) is 15.8. The average molecular weight is 281 g/mol. The van der Waals surface area contributed by atoms with Crippen molar-refractivity contribution >= 4 is 5.91 Å². The van der Waals surface area contributed by atoms with Crippen LogP contribution in [-0.4, -0.2) is 54.5 Å². The summed E-state index contributed by atoms with van der Waals surface area (Å²) in [5, 5.41) is 0. The molecule has 4 nitrogen and oxygen atoms in total. The van der Waals surface area contributed by atoms with Gasteiger partial charge in [-0.1, -0.05) is 12.8 Å². The van der Waals surface area contributed by atoms with Crippen LogP contribution in [0.15, 0.2) is 0 Å². The van der Waals surface area contributed by atoms with Crippen molar-refractivity contribution in [3.63, 3.8) is 0 Å². The summed E-state index contributed by atoms with van der Waals surface area (Å²) >= 11 is 0. The molecule has 2 fully saturated rings. The maximum absolute atomic E-state index is 12.6. The van der Waals surface area contributed by atoms with Crippen LogP contribution in [0.5, 0.6) is 0 Å². The van der Waals surface area contributed by atoms with Crippen molar-refractivity contribution in [1.29, 1.82) is 0 Å². The van der Waals surface area contributed by atoms with Crippen LogP contribution < -0.4 is 5.73 Å². The van der Waals surface area contributed by atoms with Gasteiger partial charge >= 0.3 is 0 Å². The molecule has 0 radical (unpaired) electrons. The third-order valence-corrected chi connectivity index (χ3v) is 5.07. The number of hydrogen-bond acceptors (Lipinski definition) is 3. The highest BCUT2D eigenvalue weighted by Crippen LogP contribution is 2.28. The number of hydrogen-bond donors (Lipinski definition) is 1. The first-order valence-electron chi connectivity index (χ1n) is 8.48. The highest BCUT2D eigenvalue weighted by Gasteiger charge is 2.31. The van der Waals surface area contributed by atoms with Gasteiger partial charge in [0.1, 0.15) is 0 Å². The van der Waals surface area contributed by atoms with E-state index in [-0.39, 0.29) is 0 Å². The normalized spacial score (nSPS) is 27.7. The van der Waals surface area contributed by atoms with Crippen LogP contribution in [-0.2, 0) is 4.79 Å². The zero-order valence-electron chi connectivity index (χ0n) is 13.0. The molecule has 0 aromatic carbocycles. The van der Waals surface area contributed by atoms with E-state index < -0.39 is 0 Å². The van der Waals surface area contributed by atoms with Crippen LogP contribution in [0, 0.1) is 5.92 Å². The Labute approximate surface area is 123 Å². The van der Waals surface area contributed by atoms with E-state index in [1.807, 2.05) is 0 Å². The van der Waals surface area contributed by atoms with Gasteiger partial charge in [0.25, 0.3) is 0 Å². The molecule has 0 bridgehead atoms. The van der Waals surface area contributed by atoms with E-state index in [4.69, 9.17) is 5.73 Å². The Kier molecular flexibility index (Phi) is 6.30. The van der Waals surface area contributed by atoms with Gasteiger partial charge in [-0.15, -0.1) is 0 Å². The summed E-state index contributed by atoms with van der Waals surface area (Å²) in [6, 6.07) is 0.393. The smallest absolute Gasteiger partial charge is 0.224 e. The highest BCUT2D eigenvalue weighted by atomic mass is 16.2. The van der Waals surface area contributed by atoms with Crippen molar-refractivity contribution in [2.45, 2.75) is 57.9 Å². The fourth-order valence-electron chi connectivity index (χ4n) is 3.87. The molecule has 4 heteroatoms. The number of likely N-dealkylation sites (tertiary alicyclic amines) is 1. The molecule has 2 unspecified atom stereocenters. The van der Waals surface area contributed by atoms with Gasteiger partial charge in [0.2, 0.25) is 5.91 Å². The first-order chi connectivity index (χ1) is 9.76. The maximum atomic E-state index is 12.6. The minimum absolute atomic E-state index is 0.338. The van der Waals surface area contributed by atoms with Gasteiger partial charge in [0, 0.05) is 25.6 Å². The fourth-order valence-corrected chi connectivity index (χ4v) is 3.87. The van der Waals surface area contributed by atoms with Gasteiger partial charge in [-0.05, 0) is 58.2 Å². The molecule has 116 valence electrons. The lowest BCUT2D eigenvalue weighted by Gasteiger charge is -2.39. The highest BCUT2D eigenvalue weighted by molar-refractivity contribution is 5.76. The molecule has 0 aromatic rings. The van der Waals surface area contributed by atoms with Crippen molar-refractivity contribution in [3.8, 4) is 0 Å². The van der Waals surface area contributed by atoms with Crippen molar-refractivity contribution in [1.82, 2.24) is 9.80 Å². The standard InChI is InChI=1S/C16H31N3O/c1-2-19(15-8-4-3-7-14(15)13-17)16(20)9-12-18-10-5-6-11-18/h14-15H,2-13,17H2,1H3. The molecule has 1 aliphatic carbocycles. The molecule has 1 amide bonds. The summed E-state index contributed by atoms with van der Waals surface area (Å²) in [5.41, 5.74) is 5.91. The average Bonchev–Trinajstić information content (AvgIpc) is 3.00. The largest absolute Gasteiger partial charge is 0.340 e. The Morgan fingerprint density at radius 2 is 1.90 bits per heavy atom. The lowest BCUT2D eigenvalue weighted by molar-refractivity contribution is -0.135. The Morgan fingerprint density at radius 1 is 1.20 bits per heavy atom. The predicted octanol–water partition coefficient (Wildman–Crippen LogP) is 1.84. The third-order valence-electron chi connectivity index (χ3n) is 5.07. The summed E-state index contributed by atoms with van der Waals surface area (Å²) in [7, 11) is 0. The summed E-state index contributed by atoms with van der Waals surface area (Å²) in [6.45, 7) is 6.95. The number of rotatable bonds is 6. The van der Waals surface area contributed by atoms with Gasteiger partial charge in [-0.25, -0.2) is 0 Å². The van der Waals surface area contributed by atoms with E-state index in [0.29, 0.717) is 24.3 Å².